The standard InChI is InChI=1S/C15H27N5O.2ClH/c16-8-6-14-18-19-15(21-14)17-10-12-7-9-20(11-12)13-4-2-1-3-5-13;;/h12-13H,1-11,16H2,(H,17,19);2*1H. The molecule has 8 heteroatoms. The number of nitrogens with zero attached hydrogens (tertiary/aromatic N) is 3. The van der Waals surface area contributed by atoms with E-state index in [2.05, 4.69) is 20.4 Å². The molecule has 2 aliphatic rings. The first-order chi connectivity index (χ1) is 10.3. The molecular formula is C15H29Cl2N5O. The maximum absolute atomic E-state index is 5.50. The van der Waals surface area contributed by atoms with E-state index in [9.17, 15) is 0 Å². The summed E-state index contributed by atoms with van der Waals surface area (Å²) in [5.74, 6) is 1.31. The van der Waals surface area contributed by atoms with Gasteiger partial charge in [-0.1, -0.05) is 24.4 Å². The molecule has 0 amide bonds. The summed E-state index contributed by atoms with van der Waals surface area (Å²) in [5, 5.41) is 11.3. The lowest BCUT2D eigenvalue weighted by molar-refractivity contribution is 0.186. The first-order valence-electron chi connectivity index (χ1n) is 8.35. The molecular weight excluding hydrogens is 337 g/mol. The van der Waals surface area contributed by atoms with Crippen LogP contribution in [0.25, 0.3) is 0 Å². The van der Waals surface area contributed by atoms with E-state index >= 15 is 0 Å². The molecule has 1 saturated heterocycles. The first kappa shape index (κ1) is 20.5. The van der Waals surface area contributed by atoms with Crippen molar-refractivity contribution in [3.63, 3.8) is 0 Å². The van der Waals surface area contributed by atoms with E-state index in [0.29, 0.717) is 30.8 Å². The molecule has 0 bridgehead atoms. The van der Waals surface area contributed by atoms with Crippen molar-refractivity contribution in [2.75, 3.05) is 31.5 Å². The third kappa shape index (κ3) is 5.78. The lowest BCUT2D eigenvalue weighted by Gasteiger charge is -2.31. The number of halogens is 2. The third-order valence-corrected chi connectivity index (χ3v) is 4.78. The Morgan fingerprint density at radius 2 is 1.91 bits per heavy atom. The number of hydrogen-bond donors (Lipinski definition) is 2. The van der Waals surface area contributed by atoms with Crippen LogP contribution in [0.15, 0.2) is 4.42 Å². The Balaban J connectivity index is 0.00000132. The average Bonchev–Trinajstić information content (AvgIpc) is 3.16. The summed E-state index contributed by atoms with van der Waals surface area (Å²) in [4.78, 5) is 2.69. The highest BCUT2D eigenvalue weighted by molar-refractivity contribution is 5.85. The van der Waals surface area contributed by atoms with Crippen molar-refractivity contribution < 1.29 is 4.42 Å². The van der Waals surface area contributed by atoms with Crippen molar-refractivity contribution in [1.29, 1.82) is 0 Å². The molecule has 2 fully saturated rings. The normalized spacial score (nSPS) is 22.4. The summed E-state index contributed by atoms with van der Waals surface area (Å²) < 4.78 is 5.50. The summed E-state index contributed by atoms with van der Waals surface area (Å²) in [6.07, 6.45) is 8.96. The van der Waals surface area contributed by atoms with Crippen LogP contribution in [-0.2, 0) is 6.42 Å². The van der Waals surface area contributed by atoms with Gasteiger partial charge < -0.3 is 20.4 Å². The smallest absolute Gasteiger partial charge is 0.315 e. The van der Waals surface area contributed by atoms with Crippen LogP contribution in [0, 0.1) is 5.92 Å². The minimum Gasteiger partial charge on any atom is -0.408 e. The zero-order chi connectivity index (χ0) is 14.5. The van der Waals surface area contributed by atoms with Crippen LogP contribution >= 0.6 is 24.8 Å². The van der Waals surface area contributed by atoms with Crippen molar-refractivity contribution in [3.05, 3.63) is 5.89 Å². The van der Waals surface area contributed by atoms with Crippen LogP contribution in [-0.4, -0.2) is 47.3 Å². The van der Waals surface area contributed by atoms with Gasteiger partial charge in [0.05, 0.1) is 0 Å². The van der Waals surface area contributed by atoms with Crippen molar-refractivity contribution in [2.45, 2.75) is 51.0 Å². The van der Waals surface area contributed by atoms with Gasteiger partial charge in [-0.25, -0.2) is 0 Å². The molecule has 1 unspecified atom stereocenters. The fourth-order valence-corrected chi connectivity index (χ4v) is 3.59. The molecule has 1 aromatic rings. The molecule has 3 rings (SSSR count). The van der Waals surface area contributed by atoms with Crippen LogP contribution in [0.5, 0.6) is 0 Å². The minimum absolute atomic E-state index is 0. The summed E-state index contributed by atoms with van der Waals surface area (Å²) in [6.45, 7) is 3.93. The minimum atomic E-state index is 0. The Labute approximate surface area is 150 Å². The van der Waals surface area contributed by atoms with Crippen molar-refractivity contribution in [2.24, 2.45) is 11.7 Å². The molecule has 2 heterocycles. The second-order valence-electron chi connectivity index (χ2n) is 6.36. The first-order valence-corrected chi connectivity index (χ1v) is 8.35. The van der Waals surface area contributed by atoms with E-state index in [0.717, 1.165) is 12.6 Å². The number of likely N-dealkylation sites (tertiary alicyclic amines) is 1. The Morgan fingerprint density at radius 3 is 2.65 bits per heavy atom. The van der Waals surface area contributed by atoms with Crippen LogP contribution in [0.3, 0.4) is 0 Å². The Kier molecular flexibility index (Phi) is 9.20. The summed E-state index contributed by atoms with van der Waals surface area (Å²) in [5.41, 5.74) is 5.48. The van der Waals surface area contributed by atoms with Gasteiger partial charge in [0.2, 0.25) is 5.89 Å². The van der Waals surface area contributed by atoms with Crippen molar-refractivity contribution in [1.82, 2.24) is 15.1 Å². The van der Waals surface area contributed by atoms with Crippen LogP contribution in [0.2, 0.25) is 0 Å². The van der Waals surface area contributed by atoms with Gasteiger partial charge in [-0.3, -0.25) is 0 Å². The van der Waals surface area contributed by atoms with Crippen molar-refractivity contribution >= 4 is 30.8 Å². The van der Waals surface area contributed by atoms with Gasteiger partial charge in [-0.15, -0.1) is 29.9 Å². The van der Waals surface area contributed by atoms with Gasteiger partial charge in [-0.05, 0) is 31.7 Å². The van der Waals surface area contributed by atoms with Gasteiger partial charge in [0.1, 0.15) is 0 Å². The summed E-state index contributed by atoms with van der Waals surface area (Å²) in [6, 6.07) is 1.37. The molecule has 0 spiro atoms. The molecule has 1 aliphatic carbocycles. The maximum atomic E-state index is 5.50. The van der Waals surface area contributed by atoms with E-state index < -0.39 is 0 Å². The predicted octanol–water partition coefficient (Wildman–Crippen LogP) is 2.48. The molecule has 134 valence electrons. The molecule has 23 heavy (non-hydrogen) atoms. The topological polar surface area (TPSA) is 80.2 Å². The van der Waals surface area contributed by atoms with E-state index in [1.54, 1.807) is 0 Å². The quantitative estimate of drug-likeness (QED) is 0.805. The maximum Gasteiger partial charge on any atom is 0.315 e. The second kappa shape index (κ2) is 10.3. The van der Waals surface area contributed by atoms with Gasteiger partial charge in [0.15, 0.2) is 0 Å². The number of rotatable bonds is 6. The van der Waals surface area contributed by atoms with E-state index in [1.807, 2.05) is 0 Å². The van der Waals surface area contributed by atoms with Gasteiger partial charge in [-0.2, -0.15) is 0 Å². The lowest BCUT2D eigenvalue weighted by Crippen LogP contribution is -2.35. The molecule has 0 radical (unpaired) electrons. The number of hydrogen-bond acceptors (Lipinski definition) is 6. The van der Waals surface area contributed by atoms with E-state index in [-0.39, 0.29) is 24.8 Å². The highest BCUT2D eigenvalue weighted by atomic mass is 35.5. The SMILES string of the molecule is Cl.Cl.NCCc1nnc(NCC2CCN(C3CCCCC3)C2)o1. The van der Waals surface area contributed by atoms with Gasteiger partial charge >= 0.3 is 6.01 Å². The molecule has 1 aromatic heterocycles. The van der Waals surface area contributed by atoms with Crippen LogP contribution in [0.1, 0.15) is 44.4 Å². The molecule has 1 saturated carbocycles. The molecule has 1 atom stereocenters. The number of nitrogens with two attached hydrogens (primary N) is 1. The highest BCUT2D eigenvalue weighted by Gasteiger charge is 2.29. The van der Waals surface area contributed by atoms with Gasteiger partial charge in [0, 0.05) is 32.1 Å². The molecule has 3 N–H and O–H groups in total. The fraction of sp³-hybridized carbons (Fsp3) is 0.867. The second-order valence-corrected chi connectivity index (χ2v) is 6.36. The zero-order valence-corrected chi connectivity index (χ0v) is 15.2. The van der Waals surface area contributed by atoms with Crippen LogP contribution < -0.4 is 11.1 Å². The number of nitrogens with one attached hydrogen (secondary N) is 1. The largest absolute Gasteiger partial charge is 0.408 e. The van der Waals surface area contributed by atoms with Gasteiger partial charge in [0.25, 0.3) is 0 Å². The number of anilines is 1. The summed E-state index contributed by atoms with van der Waals surface area (Å²) >= 11 is 0. The molecule has 6 nitrogen and oxygen atoms in total. The predicted molar refractivity (Wildman–Crippen MR) is 96.6 cm³/mol. The average molecular weight is 366 g/mol. The Hall–Kier alpha value is -0.560. The lowest BCUT2D eigenvalue weighted by atomic mass is 9.94. The Bertz CT molecular complexity index is 439. The van der Waals surface area contributed by atoms with Crippen molar-refractivity contribution in [3.8, 4) is 0 Å². The van der Waals surface area contributed by atoms with Crippen LogP contribution in [0.4, 0.5) is 6.01 Å². The monoisotopic (exact) mass is 365 g/mol. The van der Waals surface area contributed by atoms with E-state index in [4.69, 9.17) is 10.2 Å². The fourth-order valence-electron chi connectivity index (χ4n) is 3.59. The highest BCUT2D eigenvalue weighted by Crippen LogP contribution is 2.27. The number of aromatic nitrogens is 2. The third-order valence-electron chi connectivity index (χ3n) is 4.78. The molecule has 0 aromatic carbocycles. The zero-order valence-electron chi connectivity index (χ0n) is 13.6. The molecule has 1 aliphatic heterocycles. The summed E-state index contributed by atoms with van der Waals surface area (Å²) in [7, 11) is 0. The van der Waals surface area contributed by atoms with E-state index in [1.165, 1.54) is 51.6 Å². The Morgan fingerprint density at radius 1 is 1.13 bits per heavy atom.